The van der Waals surface area contributed by atoms with Crippen LogP contribution in [0.3, 0.4) is 0 Å². The molecular weight excluding hydrogens is 331 g/mol. The summed E-state index contributed by atoms with van der Waals surface area (Å²) in [7, 11) is 0. The zero-order valence-electron chi connectivity index (χ0n) is 12.1. The molecule has 0 saturated carbocycles. The Bertz CT molecular complexity index is 626. The Balaban J connectivity index is 1.84. The number of thioether (sulfide) groups is 1. The number of halogens is 3. The summed E-state index contributed by atoms with van der Waals surface area (Å²) in [6.07, 6.45) is -3.17. The van der Waals surface area contributed by atoms with Gasteiger partial charge in [-0.2, -0.15) is 0 Å². The highest BCUT2D eigenvalue weighted by molar-refractivity contribution is 7.99. The zero-order valence-corrected chi connectivity index (χ0v) is 12.9. The van der Waals surface area contributed by atoms with Crippen LogP contribution in [0.1, 0.15) is 12.7 Å². The highest BCUT2D eigenvalue weighted by Crippen LogP contribution is 2.24. The number of ether oxygens (including phenoxy) is 1. The largest absolute Gasteiger partial charge is 0.573 e. The number of amides is 1. The van der Waals surface area contributed by atoms with Crippen LogP contribution in [0.4, 0.5) is 18.9 Å². The molecule has 1 aromatic heterocycles. The summed E-state index contributed by atoms with van der Waals surface area (Å²) in [5.74, 6) is 0.741. The average molecular weight is 345 g/mol. The first-order valence-corrected chi connectivity index (χ1v) is 7.69. The van der Waals surface area contributed by atoms with Gasteiger partial charge in [0.25, 0.3) is 0 Å². The Labute approximate surface area is 135 Å². The van der Waals surface area contributed by atoms with Crippen molar-refractivity contribution >= 4 is 23.4 Å². The molecule has 2 rings (SSSR count). The van der Waals surface area contributed by atoms with Gasteiger partial charge in [-0.1, -0.05) is 0 Å². The molecule has 1 amide bonds. The van der Waals surface area contributed by atoms with Gasteiger partial charge in [-0.25, -0.2) is 0 Å². The molecule has 8 heteroatoms. The molecule has 0 radical (unpaired) electrons. The average Bonchev–Trinajstić information content (AvgIpc) is 2.98. The number of rotatable bonds is 6. The summed E-state index contributed by atoms with van der Waals surface area (Å²) in [4.78, 5) is 12.0. The number of carbonyl (C=O) groups excluding carboxylic acids is 1. The van der Waals surface area contributed by atoms with Crippen LogP contribution >= 0.6 is 11.8 Å². The van der Waals surface area contributed by atoms with Gasteiger partial charge in [0.15, 0.2) is 0 Å². The Morgan fingerprint density at radius 2 is 2.00 bits per heavy atom. The van der Waals surface area contributed by atoms with Crippen LogP contribution in [-0.2, 0) is 10.5 Å². The van der Waals surface area contributed by atoms with Gasteiger partial charge in [0.1, 0.15) is 11.5 Å². The van der Waals surface area contributed by atoms with E-state index in [2.05, 4.69) is 10.1 Å². The molecule has 0 spiro atoms. The molecule has 0 fully saturated rings. The molecule has 1 heterocycles. The van der Waals surface area contributed by atoms with Crippen molar-refractivity contribution in [2.24, 2.45) is 0 Å². The molecule has 1 N–H and O–H groups in total. The molecule has 0 aliphatic carbocycles. The van der Waals surface area contributed by atoms with E-state index in [9.17, 15) is 18.0 Å². The molecule has 2 aromatic rings. The first-order valence-electron chi connectivity index (χ1n) is 6.64. The summed E-state index contributed by atoms with van der Waals surface area (Å²) < 4.78 is 45.1. The lowest BCUT2D eigenvalue weighted by Crippen LogP contribution is -2.22. The minimum Gasteiger partial charge on any atom is -0.468 e. The number of hydrogen-bond donors (Lipinski definition) is 1. The smallest absolute Gasteiger partial charge is 0.468 e. The van der Waals surface area contributed by atoms with Crippen LogP contribution in [-0.4, -0.2) is 17.5 Å². The van der Waals surface area contributed by atoms with Crippen molar-refractivity contribution < 1.29 is 27.1 Å². The van der Waals surface area contributed by atoms with Gasteiger partial charge >= 0.3 is 6.36 Å². The SMILES string of the molecule is C[C@@H](SCc1ccco1)C(=O)Nc1ccc(OC(F)(F)F)cc1. The van der Waals surface area contributed by atoms with Crippen LogP contribution in [0.25, 0.3) is 0 Å². The molecule has 1 aromatic carbocycles. The number of furan rings is 1. The maximum atomic E-state index is 12.1. The second-order valence-electron chi connectivity index (χ2n) is 4.59. The van der Waals surface area contributed by atoms with Crippen LogP contribution in [0.2, 0.25) is 0 Å². The molecule has 4 nitrogen and oxygen atoms in total. The third kappa shape index (κ3) is 5.90. The molecule has 0 saturated heterocycles. The van der Waals surface area contributed by atoms with E-state index in [1.54, 1.807) is 19.3 Å². The normalized spacial score (nSPS) is 12.7. The van der Waals surface area contributed by atoms with Gasteiger partial charge in [0.05, 0.1) is 17.3 Å². The van der Waals surface area contributed by atoms with E-state index >= 15 is 0 Å². The summed E-state index contributed by atoms with van der Waals surface area (Å²) in [5, 5.41) is 2.29. The number of alkyl halides is 3. The fourth-order valence-electron chi connectivity index (χ4n) is 1.66. The highest BCUT2D eigenvalue weighted by Gasteiger charge is 2.31. The molecule has 23 heavy (non-hydrogen) atoms. The lowest BCUT2D eigenvalue weighted by atomic mass is 10.3. The number of hydrogen-bond acceptors (Lipinski definition) is 4. The second-order valence-corrected chi connectivity index (χ2v) is 5.92. The van der Waals surface area contributed by atoms with E-state index in [0.717, 1.165) is 17.9 Å². The standard InChI is InChI=1S/C15H14F3NO3S/c1-10(23-9-13-3-2-8-21-13)14(20)19-11-4-6-12(7-5-11)22-15(16,17)18/h2-8,10H,9H2,1H3,(H,19,20)/t10-/m1/s1. The quantitative estimate of drug-likeness (QED) is 0.841. The van der Waals surface area contributed by atoms with Gasteiger partial charge in [-0.3, -0.25) is 4.79 Å². The number of carbonyl (C=O) groups is 1. The van der Waals surface area contributed by atoms with Crippen molar-refractivity contribution in [3.63, 3.8) is 0 Å². The van der Waals surface area contributed by atoms with Crippen molar-refractivity contribution in [3.8, 4) is 5.75 Å². The van der Waals surface area contributed by atoms with E-state index in [4.69, 9.17) is 4.42 Å². The van der Waals surface area contributed by atoms with Crippen LogP contribution in [0.5, 0.6) is 5.75 Å². The first kappa shape index (κ1) is 17.3. The third-order valence-corrected chi connectivity index (χ3v) is 3.95. The lowest BCUT2D eigenvalue weighted by molar-refractivity contribution is -0.274. The maximum absolute atomic E-state index is 12.1. The monoisotopic (exact) mass is 345 g/mol. The molecule has 0 unspecified atom stereocenters. The number of benzene rings is 1. The zero-order chi connectivity index (χ0) is 16.9. The summed E-state index contributed by atoms with van der Waals surface area (Å²) in [5.41, 5.74) is 0.398. The second kappa shape index (κ2) is 7.45. The summed E-state index contributed by atoms with van der Waals surface area (Å²) >= 11 is 1.39. The Kier molecular flexibility index (Phi) is 5.59. The van der Waals surface area contributed by atoms with Crippen molar-refractivity contribution in [1.29, 1.82) is 0 Å². The van der Waals surface area contributed by atoms with Gasteiger partial charge in [-0.15, -0.1) is 24.9 Å². The molecule has 0 aliphatic heterocycles. The van der Waals surface area contributed by atoms with Crippen LogP contribution in [0, 0.1) is 0 Å². The molecule has 0 bridgehead atoms. The fourth-order valence-corrected chi connectivity index (χ4v) is 2.45. The van der Waals surface area contributed by atoms with Crippen molar-refractivity contribution in [2.75, 3.05) is 5.32 Å². The van der Waals surface area contributed by atoms with E-state index in [0.29, 0.717) is 11.4 Å². The molecule has 0 aliphatic rings. The summed E-state index contributed by atoms with van der Waals surface area (Å²) in [6, 6.07) is 8.57. The summed E-state index contributed by atoms with van der Waals surface area (Å²) in [6.45, 7) is 1.74. The molecular formula is C15H14F3NO3S. The van der Waals surface area contributed by atoms with Crippen molar-refractivity contribution in [2.45, 2.75) is 24.3 Å². The van der Waals surface area contributed by atoms with Gasteiger partial charge in [-0.05, 0) is 43.3 Å². The molecule has 124 valence electrons. The van der Waals surface area contributed by atoms with Crippen LogP contribution in [0.15, 0.2) is 47.1 Å². The van der Waals surface area contributed by atoms with Crippen molar-refractivity contribution in [3.05, 3.63) is 48.4 Å². The first-order chi connectivity index (χ1) is 10.8. The van der Waals surface area contributed by atoms with E-state index in [1.807, 2.05) is 6.07 Å². The topological polar surface area (TPSA) is 51.5 Å². The van der Waals surface area contributed by atoms with E-state index < -0.39 is 6.36 Å². The van der Waals surface area contributed by atoms with Gasteiger partial charge in [0.2, 0.25) is 5.91 Å². The fraction of sp³-hybridized carbons (Fsp3) is 0.267. The Hall–Kier alpha value is -2.09. The Morgan fingerprint density at radius 1 is 1.30 bits per heavy atom. The third-order valence-electron chi connectivity index (χ3n) is 2.78. The maximum Gasteiger partial charge on any atom is 0.573 e. The van der Waals surface area contributed by atoms with E-state index in [1.165, 1.54) is 23.9 Å². The number of anilines is 1. The number of nitrogens with one attached hydrogen (secondary N) is 1. The highest BCUT2D eigenvalue weighted by atomic mass is 32.2. The van der Waals surface area contributed by atoms with Crippen LogP contribution < -0.4 is 10.1 Å². The lowest BCUT2D eigenvalue weighted by Gasteiger charge is -2.12. The van der Waals surface area contributed by atoms with Crippen molar-refractivity contribution in [1.82, 2.24) is 0 Å². The predicted molar refractivity (Wildman–Crippen MR) is 81.2 cm³/mol. The van der Waals surface area contributed by atoms with Gasteiger partial charge < -0.3 is 14.5 Å². The van der Waals surface area contributed by atoms with Gasteiger partial charge in [0, 0.05) is 5.69 Å². The minimum absolute atomic E-state index is 0.244. The minimum atomic E-state index is -4.73. The predicted octanol–water partition coefficient (Wildman–Crippen LogP) is 4.44. The Morgan fingerprint density at radius 3 is 2.57 bits per heavy atom. The molecule has 1 atom stereocenters. The van der Waals surface area contributed by atoms with E-state index in [-0.39, 0.29) is 16.9 Å².